The first-order chi connectivity index (χ1) is 27.3. The SMILES string of the molecule is c1ccc(-n2c3ccccc3c3cc4c5ccc6[n+]7c5c5c(c8ccccc8n5c4cc32)C72c3c(ccc4c5ccccc5n(c34)-c3cccc[n+]32)O6)cc1. The van der Waals surface area contributed by atoms with Crippen molar-refractivity contribution in [1.29, 1.82) is 0 Å². The fourth-order valence-corrected chi connectivity index (χ4v) is 11.1. The van der Waals surface area contributed by atoms with E-state index in [9.17, 15) is 0 Å². The Bertz CT molecular complexity index is 3810. The Morgan fingerprint density at radius 2 is 1.15 bits per heavy atom. The van der Waals surface area contributed by atoms with E-state index >= 15 is 0 Å². The van der Waals surface area contributed by atoms with Crippen LogP contribution in [0, 0.1) is 0 Å². The summed E-state index contributed by atoms with van der Waals surface area (Å²) in [6, 6.07) is 57.9. The van der Waals surface area contributed by atoms with E-state index in [4.69, 9.17) is 4.74 Å². The third kappa shape index (κ3) is 2.77. The van der Waals surface area contributed by atoms with Gasteiger partial charge in [0, 0.05) is 44.1 Å². The Kier molecular flexibility index (Phi) is 4.37. The minimum absolute atomic E-state index is 0.748. The lowest BCUT2D eigenvalue weighted by Crippen LogP contribution is -2.76. The van der Waals surface area contributed by atoms with Crippen molar-refractivity contribution < 1.29 is 13.9 Å². The number of aromatic nitrogens is 5. The van der Waals surface area contributed by atoms with Gasteiger partial charge in [-0.15, -0.1) is 4.57 Å². The monoisotopic (exact) mass is 701 g/mol. The highest BCUT2D eigenvalue weighted by molar-refractivity contribution is 6.22. The van der Waals surface area contributed by atoms with Crippen LogP contribution in [0.15, 0.2) is 164 Å². The molecule has 6 nitrogen and oxygen atoms in total. The molecule has 0 saturated carbocycles. The predicted molar refractivity (Wildman–Crippen MR) is 217 cm³/mol. The molecule has 0 fully saturated rings. The van der Waals surface area contributed by atoms with Crippen LogP contribution in [0.3, 0.4) is 0 Å². The van der Waals surface area contributed by atoms with Crippen LogP contribution in [0.5, 0.6) is 11.6 Å². The highest BCUT2D eigenvalue weighted by atomic mass is 16.5. The molecular weight excluding hydrogens is 675 g/mol. The normalized spacial score (nSPS) is 16.2. The molecule has 1 unspecified atom stereocenters. The van der Waals surface area contributed by atoms with Gasteiger partial charge in [0.15, 0.2) is 16.8 Å². The second kappa shape index (κ2) is 8.84. The molecule has 55 heavy (non-hydrogen) atoms. The molecule has 6 aromatic heterocycles. The highest BCUT2D eigenvalue weighted by Crippen LogP contribution is 2.56. The van der Waals surface area contributed by atoms with Crippen molar-refractivity contribution in [2.75, 3.05) is 0 Å². The van der Waals surface area contributed by atoms with E-state index in [1.807, 2.05) is 0 Å². The predicted octanol–water partition coefficient (Wildman–Crippen LogP) is 10.2. The average Bonchev–Trinajstić information content (AvgIpc) is 3.96. The fraction of sp³-hybridized carbons (Fsp3) is 0.0204. The molecule has 0 N–H and O–H groups in total. The molecule has 3 aliphatic rings. The molecule has 0 amide bonds. The maximum Gasteiger partial charge on any atom is 0.378 e. The van der Waals surface area contributed by atoms with E-state index in [-0.39, 0.29) is 0 Å². The Morgan fingerprint density at radius 1 is 0.455 bits per heavy atom. The lowest BCUT2D eigenvalue weighted by molar-refractivity contribution is -0.958. The summed E-state index contributed by atoms with van der Waals surface area (Å²) in [5.41, 5.74) is 12.5. The van der Waals surface area contributed by atoms with Crippen molar-refractivity contribution in [2.24, 2.45) is 0 Å². The highest BCUT2D eigenvalue weighted by Gasteiger charge is 2.68. The van der Waals surface area contributed by atoms with Gasteiger partial charge in [0.2, 0.25) is 5.52 Å². The van der Waals surface area contributed by atoms with E-state index in [2.05, 4.69) is 187 Å². The number of hydrogen-bond donors (Lipinski definition) is 0. The molecule has 6 aromatic carbocycles. The van der Waals surface area contributed by atoms with E-state index < -0.39 is 5.66 Å². The molecule has 0 radical (unpaired) electrons. The average molecular weight is 702 g/mol. The maximum absolute atomic E-state index is 7.07. The third-order valence-electron chi connectivity index (χ3n) is 13.0. The number of nitrogens with zero attached hydrogens (tertiary/aromatic N) is 5. The summed E-state index contributed by atoms with van der Waals surface area (Å²) in [5.74, 6) is 2.87. The van der Waals surface area contributed by atoms with E-state index in [0.29, 0.717) is 0 Å². The fourth-order valence-electron chi connectivity index (χ4n) is 11.1. The summed E-state index contributed by atoms with van der Waals surface area (Å²) in [4.78, 5) is 0. The molecule has 0 aliphatic carbocycles. The Balaban J connectivity index is 1.22. The smallest absolute Gasteiger partial charge is 0.378 e. The summed E-state index contributed by atoms with van der Waals surface area (Å²) >= 11 is 0. The van der Waals surface area contributed by atoms with Crippen LogP contribution in [-0.4, -0.2) is 13.5 Å². The van der Waals surface area contributed by atoms with Gasteiger partial charge in [-0.2, -0.15) is 9.13 Å². The molecule has 1 atom stereocenters. The Labute approximate surface area is 312 Å². The Morgan fingerprint density at radius 3 is 2.00 bits per heavy atom. The van der Waals surface area contributed by atoms with Crippen LogP contribution in [0.2, 0.25) is 0 Å². The number of rotatable bonds is 1. The van der Waals surface area contributed by atoms with Crippen molar-refractivity contribution in [1.82, 2.24) is 13.5 Å². The van der Waals surface area contributed by atoms with Gasteiger partial charge in [-0.05, 0) is 72.8 Å². The van der Waals surface area contributed by atoms with Crippen molar-refractivity contribution in [2.45, 2.75) is 5.66 Å². The zero-order valence-corrected chi connectivity index (χ0v) is 29.2. The van der Waals surface area contributed by atoms with E-state index in [1.165, 1.54) is 93.0 Å². The van der Waals surface area contributed by atoms with Gasteiger partial charge in [-0.25, -0.2) is 0 Å². The van der Waals surface area contributed by atoms with Crippen LogP contribution >= 0.6 is 0 Å². The lowest BCUT2D eigenvalue weighted by Gasteiger charge is -2.33. The number of para-hydroxylation sites is 4. The maximum atomic E-state index is 7.07. The lowest BCUT2D eigenvalue weighted by atomic mass is 9.86. The topological polar surface area (TPSA) is 31.3 Å². The molecule has 252 valence electrons. The van der Waals surface area contributed by atoms with Crippen molar-refractivity contribution in [3.63, 3.8) is 0 Å². The summed E-state index contributed by atoms with van der Waals surface area (Å²) in [7, 11) is 0. The van der Waals surface area contributed by atoms with Gasteiger partial charge in [0.05, 0.1) is 39.7 Å². The summed E-state index contributed by atoms with van der Waals surface area (Å²) < 4.78 is 19.6. The molecule has 0 bridgehead atoms. The molecule has 1 spiro atoms. The van der Waals surface area contributed by atoms with Gasteiger partial charge in [-0.3, -0.25) is 0 Å². The third-order valence-corrected chi connectivity index (χ3v) is 13.0. The molecule has 0 saturated heterocycles. The van der Waals surface area contributed by atoms with Crippen LogP contribution < -0.4 is 13.9 Å². The standard InChI is InChI=1S/C49H27N5O/c1-2-12-28(13-3-1)51-36-17-7-5-15-30(36)34-26-35-32-22-24-43-54-47(32)48-44(33-16-6-9-19-38(33)52(48)40(35)27-39(34)51)49(54)45-41(55-43)23-21-31-29-14-4-8-18-37(29)53(46(31)45)42-20-10-11-25-50(42)49/h1-27H/q+2. The first-order valence-electron chi connectivity index (χ1n) is 19.0. The first kappa shape index (κ1) is 27.2. The van der Waals surface area contributed by atoms with Gasteiger partial charge in [0.1, 0.15) is 16.6 Å². The van der Waals surface area contributed by atoms with Gasteiger partial charge in [-0.1, -0.05) is 72.8 Å². The zero-order chi connectivity index (χ0) is 35.3. The minimum Gasteiger partial charge on any atom is -0.404 e. The van der Waals surface area contributed by atoms with Crippen LogP contribution in [0.1, 0.15) is 11.1 Å². The van der Waals surface area contributed by atoms with Crippen LogP contribution in [0.25, 0.3) is 93.3 Å². The van der Waals surface area contributed by atoms with Gasteiger partial charge in [0.25, 0.3) is 5.82 Å². The second-order valence-electron chi connectivity index (χ2n) is 15.3. The number of hydrogen-bond acceptors (Lipinski definition) is 1. The van der Waals surface area contributed by atoms with E-state index in [1.54, 1.807) is 0 Å². The van der Waals surface area contributed by atoms with Crippen molar-refractivity contribution in [3.8, 4) is 23.1 Å². The largest absolute Gasteiger partial charge is 0.404 e. The second-order valence-corrected chi connectivity index (χ2v) is 15.3. The summed E-state index contributed by atoms with van der Waals surface area (Å²) in [5, 5.41) is 8.65. The van der Waals surface area contributed by atoms with E-state index in [0.717, 1.165) is 23.1 Å². The molecule has 3 aliphatic heterocycles. The molecule has 9 heterocycles. The quantitative estimate of drug-likeness (QED) is 0.124. The molecule has 15 rings (SSSR count). The Hall–Kier alpha value is -7.44. The van der Waals surface area contributed by atoms with Gasteiger partial charge >= 0.3 is 11.5 Å². The molecule has 12 aromatic rings. The number of benzene rings is 6. The summed E-state index contributed by atoms with van der Waals surface area (Å²) in [6.07, 6.45) is 2.28. The minimum atomic E-state index is -0.748. The van der Waals surface area contributed by atoms with Gasteiger partial charge < -0.3 is 13.7 Å². The molecular formula is C49H27N5O+2. The summed E-state index contributed by atoms with van der Waals surface area (Å²) in [6.45, 7) is 0. The first-order valence-corrected chi connectivity index (χ1v) is 19.0. The number of ether oxygens (including phenoxy) is 1. The van der Waals surface area contributed by atoms with Crippen molar-refractivity contribution >= 4 is 81.8 Å². The zero-order valence-electron chi connectivity index (χ0n) is 29.2. The van der Waals surface area contributed by atoms with Crippen LogP contribution in [-0.2, 0) is 5.66 Å². The number of pyridine rings is 3. The van der Waals surface area contributed by atoms with Crippen molar-refractivity contribution in [3.05, 3.63) is 175 Å². The van der Waals surface area contributed by atoms with Crippen LogP contribution in [0.4, 0.5) is 0 Å². The number of fused-ring (bicyclic) bond motifs is 14. The molecule has 6 heteroatoms.